The molecule has 0 aliphatic rings. The maximum Gasteiger partial charge on any atom is 0.248 e. The smallest absolute Gasteiger partial charge is 0.248 e. The average molecular weight is 385 g/mol. The lowest BCUT2D eigenvalue weighted by atomic mass is 10.1. The Morgan fingerprint density at radius 3 is 2.32 bits per heavy atom. The molecule has 0 saturated carbocycles. The Kier molecular flexibility index (Phi) is 6.02. The van der Waals surface area contributed by atoms with E-state index < -0.39 is 27.8 Å². The van der Waals surface area contributed by atoms with Crippen LogP contribution in [0.25, 0.3) is 0 Å². The molecule has 0 aliphatic heterocycles. The van der Waals surface area contributed by atoms with Crippen LogP contribution in [-0.2, 0) is 14.8 Å². The van der Waals surface area contributed by atoms with E-state index in [1.165, 1.54) is 42.5 Å². The molecule has 0 aromatic heterocycles. The van der Waals surface area contributed by atoms with Gasteiger partial charge in [0, 0.05) is 5.02 Å². The minimum absolute atomic E-state index is 0.00416. The number of hydrogen-bond donors (Lipinski definition) is 1. The second-order valence-corrected chi connectivity index (χ2v) is 7.72. The molecule has 1 N–H and O–H groups in total. The minimum atomic E-state index is -3.75. The number of para-hydroxylation sites is 1. The van der Waals surface area contributed by atoms with Gasteiger partial charge < -0.3 is 5.32 Å². The van der Waals surface area contributed by atoms with Crippen molar-refractivity contribution in [2.75, 3.05) is 15.9 Å². The lowest BCUT2D eigenvalue weighted by molar-refractivity contribution is -0.117. The van der Waals surface area contributed by atoms with Crippen molar-refractivity contribution in [1.82, 2.24) is 0 Å². The fourth-order valence-corrected chi connectivity index (χ4v) is 3.76. The van der Waals surface area contributed by atoms with Gasteiger partial charge in [0.05, 0.1) is 17.6 Å². The Balaban J connectivity index is 2.38. The van der Waals surface area contributed by atoms with Gasteiger partial charge in [0.1, 0.15) is 11.9 Å². The first kappa shape index (κ1) is 19.2. The number of carbonyl (C=O) groups excluding carboxylic acids is 1. The molecule has 25 heavy (non-hydrogen) atoms. The Hall–Kier alpha value is -2.12. The van der Waals surface area contributed by atoms with Crippen LogP contribution in [0.4, 0.5) is 15.8 Å². The van der Waals surface area contributed by atoms with Crippen molar-refractivity contribution in [2.45, 2.75) is 19.4 Å². The van der Waals surface area contributed by atoms with E-state index in [0.717, 1.165) is 10.6 Å². The Morgan fingerprint density at radius 2 is 1.80 bits per heavy atom. The maximum atomic E-state index is 13.8. The van der Waals surface area contributed by atoms with Gasteiger partial charge >= 0.3 is 0 Å². The van der Waals surface area contributed by atoms with Gasteiger partial charge in [-0.2, -0.15) is 0 Å². The van der Waals surface area contributed by atoms with Gasteiger partial charge in [0.25, 0.3) is 0 Å². The highest BCUT2D eigenvalue weighted by Crippen LogP contribution is 2.25. The van der Waals surface area contributed by atoms with Crippen molar-refractivity contribution in [1.29, 1.82) is 0 Å². The molecule has 5 nitrogen and oxygen atoms in total. The summed E-state index contributed by atoms with van der Waals surface area (Å²) in [5, 5.41) is 2.89. The first-order valence-electron chi connectivity index (χ1n) is 7.54. The first-order valence-corrected chi connectivity index (χ1v) is 9.77. The number of amides is 1. The summed E-state index contributed by atoms with van der Waals surface area (Å²) in [4.78, 5) is 12.6. The number of sulfonamides is 1. The van der Waals surface area contributed by atoms with Crippen molar-refractivity contribution in [3.8, 4) is 0 Å². The van der Waals surface area contributed by atoms with Gasteiger partial charge in [-0.3, -0.25) is 9.10 Å². The standard InChI is InChI=1S/C17H18ClFN2O3S/c1-3-16(17(22)20-15-7-5-4-6-14(15)19)21(25(2,23)24)13-10-8-12(18)9-11-13/h4-11,16H,3H2,1-2H3,(H,20,22). The molecule has 0 saturated heterocycles. The average Bonchev–Trinajstić information content (AvgIpc) is 2.54. The van der Waals surface area contributed by atoms with E-state index >= 15 is 0 Å². The third-order valence-electron chi connectivity index (χ3n) is 3.54. The normalized spacial score (nSPS) is 12.5. The summed E-state index contributed by atoms with van der Waals surface area (Å²) in [6.07, 6.45) is 1.22. The topological polar surface area (TPSA) is 66.5 Å². The van der Waals surface area contributed by atoms with Gasteiger partial charge in [0.15, 0.2) is 0 Å². The predicted octanol–water partition coefficient (Wildman–Crippen LogP) is 3.66. The van der Waals surface area contributed by atoms with Crippen LogP contribution in [0.5, 0.6) is 0 Å². The van der Waals surface area contributed by atoms with E-state index in [2.05, 4.69) is 5.32 Å². The molecule has 0 fully saturated rings. The molecule has 134 valence electrons. The number of benzene rings is 2. The van der Waals surface area contributed by atoms with Crippen LogP contribution < -0.4 is 9.62 Å². The van der Waals surface area contributed by atoms with Crippen molar-refractivity contribution < 1.29 is 17.6 Å². The second kappa shape index (κ2) is 7.84. The Morgan fingerprint density at radius 1 is 1.20 bits per heavy atom. The van der Waals surface area contributed by atoms with Crippen molar-refractivity contribution >= 4 is 38.9 Å². The molecule has 1 unspecified atom stereocenters. The summed E-state index contributed by atoms with van der Waals surface area (Å²) in [5.74, 6) is -1.21. The largest absolute Gasteiger partial charge is 0.322 e. The first-order chi connectivity index (χ1) is 11.7. The fourth-order valence-electron chi connectivity index (χ4n) is 2.43. The van der Waals surface area contributed by atoms with Crippen LogP contribution in [0.3, 0.4) is 0 Å². The summed E-state index contributed by atoms with van der Waals surface area (Å²) >= 11 is 5.84. The van der Waals surface area contributed by atoms with Crippen molar-refractivity contribution in [2.24, 2.45) is 0 Å². The number of carbonyl (C=O) groups is 1. The summed E-state index contributed by atoms with van der Waals surface area (Å²) in [6.45, 7) is 1.68. The van der Waals surface area contributed by atoms with Crippen LogP contribution in [0, 0.1) is 5.82 Å². The molecule has 1 amide bonds. The van der Waals surface area contributed by atoms with Gasteiger partial charge in [0.2, 0.25) is 15.9 Å². The SMILES string of the molecule is CCC(C(=O)Nc1ccccc1F)N(c1ccc(Cl)cc1)S(C)(=O)=O. The van der Waals surface area contributed by atoms with Crippen LogP contribution in [0.15, 0.2) is 48.5 Å². The summed E-state index contributed by atoms with van der Waals surface area (Å²) in [5.41, 5.74) is 0.304. The number of halogens is 2. The molecule has 0 aliphatic carbocycles. The maximum absolute atomic E-state index is 13.8. The van der Waals surface area contributed by atoms with E-state index in [-0.39, 0.29) is 12.1 Å². The molecular weight excluding hydrogens is 367 g/mol. The minimum Gasteiger partial charge on any atom is -0.322 e. The highest BCUT2D eigenvalue weighted by molar-refractivity contribution is 7.92. The number of hydrogen-bond acceptors (Lipinski definition) is 3. The summed E-state index contributed by atoms with van der Waals surface area (Å²) in [7, 11) is -3.75. The molecule has 1 atom stereocenters. The zero-order chi connectivity index (χ0) is 18.6. The number of anilines is 2. The van der Waals surface area contributed by atoms with E-state index in [1.807, 2.05) is 0 Å². The third-order valence-corrected chi connectivity index (χ3v) is 4.97. The molecule has 2 rings (SSSR count). The fraction of sp³-hybridized carbons (Fsp3) is 0.235. The van der Waals surface area contributed by atoms with E-state index in [9.17, 15) is 17.6 Å². The van der Waals surface area contributed by atoms with Crippen LogP contribution in [0.2, 0.25) is 5.02 Å². The molecular formula is C17H18ClFN2O3S. The lowest BCUT2D eigenvalue weighted by Crippen LogP contribution is -2.47. The highest BCUT2D eigenvalue weighted by atomic mass is 35.5. The molecule has 0 spiro atoms. The number of nitrogens with zero attached hydrogens (tertiary/aromatic N) is 1. The van der Waals surface area contributed by atoms with Crippen molar-refractivity contribution in [3.63, 3.8) is 0 Å². The zero-order valence-electron chi connectivity index (χ0n) is 13.7. The van der Waals surface area contributed by atoms with Crippen molar-refractivity contribution in [3.05, 3.63) is 59.4 Å². The molecule has 2 aromatic rings. The van der Waals surface area contributed by atoms with Gasteiger partial charge in [-0.05, 0) is 42.8 Å². The van der Waals surface area contributed by atoms with Crippen LogP contribution in [-0.4, -0.2) is 26.6 Å². The quantitative estimate of drug-likeness (QED) is 0.826. The summed E-state index contributed by atoms with van der Waals surface area (Å²) < 4.78 is 39.3. The highest BCUT2D eigenvalue weighted by Gasteiger charge is 2.31. The molecule has 2 aromatic carbocycles. The lowest BCUT2D eigenvalue weighted by Gasteiger charge is -2.30. The van der Waals surface area contributed by atoms with Gasteiger partial charge in [-0.1, -0.05) is 30.7 Å². The monoisotopic (exact) mass is 384 g/mol. The van der Waals surface area contributed by atoms with Crippen LogP contribution >= 0.6 is 11.6 Å². The van der Waals surface area contributed by atoms with Gasteiger partial charge in [-0.25, -0.2) is 12.8 Å². The molecule has 0 heterocycles. The molecule has 0 radical (unpaired) electrons. The second-order valence-electron chi connectivity index (χ2n) is 5.43. The van der Waals surface area contributed by atoms with E-state index in [0.29, 0.717) is 10.7 Å². The Labute approximate surface area is 151 Å². The van der Waals surface area contributed by atoms with E-state index in [1.54, 1.807) is 13.0 Å². The zero-order valence-corrected chi connectivity index (χ0v) is 15.3. The molecule has 0 bridgehead atoms. The van der Waals surface area contributed by atoms with Crippen LogP contribution in [0.1, 0.15) is 13.3 Å². The summed E-state index contributed by atoms with van der Waals surface area (Å²) in [6, 6.07) is 10.8. The number of nitrogens with one attached hydrogen (secondary N) is 1. The van der Waals surface area contributed by atoms with Gasteiger partial charge in [-0.15, -0.1) is 0 Å². The van der Waals surface area contributed by atoms with E-state index in [4.69, 9.17) is 11.6 Å². The third kappa shape index (κ3) is 4.70. The predicted molar refractivity (Wildman–Crippen MR) is 97.9 cm³/mol. The Bertz CT molecular complexity index is 856. The molecule has 8 heteroatoms. The number of rotatable bonds is 6.